The smallest absolute Gasteiger partial charge is 0.416 e. The summed E-state index contributed by atoms with van der Waals surface area (Å²) in [5.41, 5.74) is -1.08. The standard InChI is InChI=1S/C17H21F3N2O6S/c1-10(23)14(16(25)26)21-15(24)11-5-7-22(8-6-11)29(27,28)13-4-2-3-12(9-13)17(18,19)20/h2-4,9-11,14,23H,5-8H2,1H3,(H,21,24)(H,25,26)/t10-,14-/m0/s1. The number of sulfonamides is 1. The Labute approximate surface area is 165 Å². The van der Waals surface area contributed by atoms with E-state index in [2.05, 4.69) is 5.32 Å². The van der Waals surface area contributed by atoms with Crippen molar-refractivity contribution in [2.45, 2.75) is 43.0 Å². The van der Waals surface area contributed by atoms with Gasteiger partial charge in [0.25, 0.3) is 0 Å². The van der Waals surface area contributed by atoms with Gasteiger partial charge in [-0.2, -0.15) is 17.5 Å². The first-order valence-corrected chi connectivity index (χ1v) is 10.2. The third-order valence-electron chi connectivity index (χ3n) is 4.67. The zero-order chi connectivity index (χ0) is 22.0. The molecule has 1 amide bonds. The lowest BCUT2D eigenvalue weighted by Gasteiger charge is -2.31. The summed E-state index contributed by atoms with van der Waals surface area (Å²) in [6.45, 7) is 0.996. The molecule has 1 aliphatic heterocycles. The maximum Gasteiger partial charge on any atom is 0.416 e. The quantitative estimate of drug-likeness (QED) is 0.610. The molecule has 0 spiro atoms. The van der Waals surface area contributed by atoms with Crippen LogP contribution in [0.1, 0.15) is 25.3 Å². The molecule has 29 heavy (non-hydrogen) atoms. The Morgan fingerprint density at radius 3 is 2.31 bits per heavy atom. The maximum absolute atomic E-state index is 12.8. The van der Waals surface area contributed by atoms with Crippen molar-refractivity contribution in [3.05, 3.63) is 29.8 Å². The van der Waals surface area contributed by atoms with Gasteiger partial charge >= 0.3 is 12.1 Å². The van der Waals surface area contributed by atoms with Crippen molar-refractivity contribution in [1.82, 2.24) is 9.62 Å². The Morgan fingerprint density at radius 2 is 1.83 bits per heavy atom. The molecule has 1 fully saturated rings. The summed E-state index contributed by atoms with van der Waals surface area (Å²) in [5, 5.41) is 20.6. The highest BCUT2D eigenvalue weighted by Gasteiger charge is 2.36. The van der Waals surface area contributed by atoms with Crippen LogP contribution in [0.5, 0.6) is 0 Å². The summed E-state index contributed by atoms with van der Waals surface area (Å²) in [6.07, 6.45) is -5.87. The van der Waals surface area contributed by atoms with E-state index >= 15 is 0 Å². The fourth-order valence-corrected chi connectivity index (χ4v) is 4.52. The molecule has 1 saturated heterocycles. The number of aliphatic carboxylic acids is 1. The fraction of sp³-hybridized carbons (Fsp3) is 0.529. The summed E-state index contributed by atoms with van der Waals surface area (Å²) >= 11 is 0. The van der Waals surface area contributed by atoms with Gasteiger partial charge in [0.15, 0.2) is 6.04 Å². The van der Waals surface area contributed by atoms with E-state index < -0.39 is 56.6 Å². The van der Waals surface area contributed by atoms with Crippen LogP contribution in [0.4, 0.5) is 13.2 Å². The lowest BCUT2D eigenvalue weighted by molar-refractivity contribution is -0.145. The number of rotatable bonds is 6. The SMILES string of the molecule is C[C@H](O)[C@H](NC(=O)C1CCN(S(=O)(=O)c2cccc(C(F)(F)F)c2)CC1)C(=O)O. The molecule has 2 rings (SSSR count). The highest BCUT2D eigenvalue weighted by Crippen LogP contribution is 2.32. The topological polar surface area (TPSA) is 124 Å². The minimum atomic E-state index is -4.68. The van der Waals surface area contributed by atoms with E-state index in [-0.39, 0.29) is 25.9 Å². The number of alkyl halides is 3. The van der Waals surface area contributed by atoms with Gasteiger partial charge in [-0.05, 0) is 38.0 Å². The number of piperidine rings is 1. The summed E-state index contributed by atoms with van der Waals surface area (Å²) in [6, 6.07) is 1.93. The molecule has 8 nitrogen and oxygen atoms in total. The Kier molecular flexibility index (Phi) is 6.91. The molecule has 1 aromatic carbocycles. The minimum Gasteiger partial charge on any atom is -0.480 e. The van der Waals surface area contributed by atoms with Crippen LogP contribution in [0, 0.1) is 5.92 Å². The molecule has 0 saturated carbocycles. The number of hydrogen-bond donors (Lipinski definition) is 3. The highest BCUT2D eigenvalue weighted by atomic mass is 32.2. The lowest BCUT2D eigenvalue weighted by atomic mass is 9.96. The molecule has 1 aliphatic rings. The van der Waals surface area contributed by atoms with Gasteiger partial charge in [0.05, 0.1) is 16.6 Å². The second kappa shape index (κ2) is 8.67. The zero-order valence-electron chi connectivity index (χ0n) is 15.4. The van der Waals surface area contributed by atoms with E-state index in [1.807, 2.05) is 0 Å². The number of nitrogens with zero attached hydrogens (tertiary/aromatic N) is 1. The van der Waals surface area contributed by atoms with Crippen molar-refractivity contribution in [1.29, 1.82) is 0 Å². The van der Waals surface area contributed by atoms with Crippen molar-refractivity contribution in [3.8, 4) is 0 Å². The number of halogens is 3. The first kappa shape index (κ1) is 23.1. The second-order valence-corrected chi connectivity index (χ2v) is 8.71. The summed E-state index contributed by atoms with van der Waals surface area (Å²) < 4.78 is 64.8. The number of amides is 1. The Morgan fingerprint density at radius 1 is 1.24 bits per heavy atom. The van der Waals surface area contributed by atoms with Crippen LogP contribution in [-0.4, -0.2) is 60.0 Å². The number of aliphatic hydroxyl groups is 1. The van der Waals surface area contributed by atoms with Gasteiger partial charge in [-0.1, -0.05) is 6.07 Å². The average molecular weight is 438 g/mol. The molecule has 0 radical (unpaired) electrons. The van der Waals surface area contributed by atoms with Gasteiger partial charge < -0.3 is 15.5 Å². The van der Waals surface area contributed by atoms with Crippen LogP contribution in [0.2, 0.25) is 0 Å². The second-order valence-electron chi connectivity index (χ2n) is 6.77. The van der Waals surface area contributed by atoms with Gasteiger partial charge in [0.2, 0.25) is 15.9 Å². The molecule has 12 heteroatoms. The Balaban J connectivity index is 2.06. The number of benzene rings is 1. The van der Waals surface area contributed by atoms with Gasteiger partial charge in [-0.15, -0.1) is 0 Å². The molecular formula is C17H21F3N2O6S. The van der Waals surface area contributed by atoms with Crippen LogP contribution in [0.3, 0.4) is 0 Å². The number of nitrogens with one attached hydrogen (secondary N) is 1. The van der Waals surface area contributed by atoms with Crippen molar-refractivity contribution in [2.75, 3.05) is 13.1 Å². The molecule has 162 valence electrons. The van der Waals surface area contributed by atoms with Crippen LogP contribution in [0.25, 0.3) is 0 Å². The van der Waals surface area contributed by atoms with Crippen molar-refractivity contribution in [2.24, 2.45) is 5.92 Å². The third-order valence-corrected chi connectivity index (χ3v) is 6.56. The number of carboxylic acid groups (broad SMARTS) is 1. The number of aliphatic hydroxyl groups excluding tert-OH is 1. The molecule has 0 aromatic heterocycles. The first-order chi connectivity index (χ1) is 13.3. The number of carbonyl (C=O) groups excluding carboxylic acids is 1. The average Bonchev–Trinajstić information content (AvgIpc) is 2.65. The van der Waals surface area contributed by atoms with E-state index in [4.69, 9.17) is 5.11 Å². The normalized spacial score (nSPS) is 18.8. The molecule has 3 N–H and O–H groups in total. The summed E-state index contributed by atoms with van der Waals surface area (Å²) in [7, 11) is -4.18. The Hall–Kier alpha value is -2.18. The molecule has 2 atom stereocenters. The van der Waals surface area contributed by atoms with Crippen LogP contribution >= 0.6 is 0 Å². The van der Waals surface area contributed by atoms with Gasteiger partial charge in [0, 0.05) is 19.0 Å². The fourth-order valence-electron chi connectivity index (χ4n) is 3.00. The van der Waals surface area contributed by atoms with E-state index in [1.165, 1.54) is 6.92 Å². The zero-order valence-corrected chi connectivity index (χ0v) is 16.2. The summed E-state index contributed by atoms with van der Waals surface area (Å²) in [4.78, 5) is 22.8. The van der Waals surface area contributed by atoms with E-state index in [0.717, 1.165) is 22.5 Å². The largest absolute Gasteiger partial charge is 0.480 e. The maximum atomic E-state index is 12.8. The summed E-state index contributed by atoms with van der Waals surface area (Å²) in [5.74, 6) is -2.71. The number of carboxylic acids is 1. The van der Waals surface area contributed by atoms with E-state index in [9.17, 15) is 36.3 Å². The van der Waals surface area contributed by atoms with Gasteiger partial charge in [0.1, 0.15) is 0 Å². The predicted octanol–water partition coefficient (Wildman–Crippen LogP) is 1.06. The molecule has 0 bridgehead atoms. The predicted molar refractivity (Wildman–Crippen MR) is 94.2 cm³/mol. The number of carbonyl (C=O) groups is 2. The lowest BCUT2D eigenvalue weighted by Crippen LogP contribution is -2.51. The first-order valence-electron chi connectivity index (χ1n) is 8.72. The van der Waals surface area contributed by atoms with Crippen molar-refractivity contribution >= 4 is 21.9 Å². The molecular weight excluding hydrogens is 417 g/mol. The molecule has 1 aromatic rings. The van der Waals surface area contributed by atoms with Crippen LogP contribution in [-0.2, 0) is 25.8 Å². The third kappa shape index (κ3) is 5.46. The van der Waals surface area contributed by atoms with Crippen molar-refractivity contribution < 1.29 is 41.4 Å². The Bertz CT molecular complexity index is 864. The van der Waals surface area contributed by atoms with Gasteiger partial charge in [-0.3, -0.25) is 4.79 Å². The molecule has 0 unspecified atom stereocenters. The van der Waals surface area contributed by atoms with Crippen LogP contribution in [0.15, 0.2) is 29.2 Å². The van der Waals surface area contributed by atoms with Crippen LogP contribution < -0.4 is 5.32 Å². The van der Waals surface area contributed by atoms with Crippen molar-refractivity contribution in [3.63, 3.8) is 0 Å². The highest BCUT2D eigenvalue weighted by molar-refractivity contribution is 7.89. The number of hydrogen-bond acceptors (Lipinski definition) is 5. The van der Waals surface area contributed by atoms with E-state index in [1.54, 1.807) is 0 Å². The molecule has 0 aliphatic carbocycles. The minimum absolute atomic E-state index is 0.0656. The molecule has 1 heterocycles. The van der Waals surface area contributed by atoms with E-state index in [0.29, 0.717) is 6.07 Å². The van der Waals surface area contributed by atoms with Gasteiger partial charge in [-0.25, -0.2) is 13.2 Å². The monoisotopic (exact) mass is 438 g/mol.